The van der Waals surface area contributed by atoms with Crippen molar-refractivity contribution in [2.45, 2.75) is 26.0 Å². The van der Waals surface area contributed by atoms with E-state index in [-0.39, 0.29) is 6.04 Å². The van der Waals surface area contributed by atoms with Gasteiger partial charge in [0.1, 0.15) is 31.1 Å². The number of aliphatic imine (C=N–C) groups is 1. The molecule has 0 bridgehead atoms. The average Bonchev–Trinajstić information content (AvgIpc) is 3.35. The van der Waals surface area contributed by atoms with Crippen molar-refractivity contribution in [3.05, 3.63) is 78.4 Å². The number of pyridine rings is 1. The summed E-state index contributed by atoms with van der Waals surface area (Å²) in [7, 11) is 4.13. The van der Waals surface area contributed by atoms with E-state index in [1.807, 2.05) is 61.5 Å². The summed E-state index contributed by atoms with van der Waals surface area (Å²) in [4.78, 5) is 20.1. The molecule has 5 rings (SSSR count). The molecule has 0 spiro atoms. The minimum absolute atomic E-state index is 0.171. The molecule has 9 heteroatoms. The SMILES string of the molecule is Cc1cc(Nc2ncnc3ccc(NC4=NC(CCN(C)C)CO4)cc23)ccc1OCc1ccccn1. The fourth-order valence-electron chi connectivity index (χ4n) is 4.06. The number of rotatable bonds is 9. The summed E-state index contributed by atoms with van der Waals surface area (Å²) in [6.07, 6.45) is 4.29. The quantitative estimate of drug-likeness (QED) is 0.341. The smallest absolute Gasteiger partial charge is 0.289 e. The van der Waals surface area contributed by atoms with Gasteiger partial charge in [-0.05, 0) is 88.1 Å². The van der Waals surface area contributed by atoms with Crippen LogP contribution in [-0.4, -0.2) is 59.2 Å². The van der Waals surface area contributed by atoms with Crippen LogP contribution in [0.5, 0.6) is 5.75 Å². The van der Waals surface area contributed by atoms with Crippen LogP contribution < -0.4 is 15.4 Å². The number of hydrogen-bond donors (Lipinski definition) is 2. The number of nitrogens with one attached hydrogen (secondary N) is 2. The highest BCUT2D eigenvalue weighted by Gasteiger charge is 2.19. The second-order valence-corrected chi connectivity index (χ2v) is 9.29. The molecule has 2 aromatic carbocycles. The van der Waals surface area contributed by atoms with Gasteiger partial charge in [-0.25, -0.2) is 15.0 Å². The van der Waals surface area contributed by atoms with E-state index in [4.69, 9.17) is 9.47 Å². The van der Waals surface area contributed by atoms with Crippen molar-refractivity contribution < 1.29 is 9.47 Å². The first-order chi connectivity index (χ1) is 18.0. The summed E-state index contributed by atoms with van der Waals surface area (Å²) >= 11 is 0. The van der Waals surface area contributed by atoms with Gasteiger partial charge in [0, 0.05) is 23.0 Å². The van der Waals surface area contributed by atoms with Crippen LogP contribution in [0.25, 0.3) is 10.9 Å². The lowest BCUT2D eigenvalue weighted by Crippen LogP contribution is -2.19. The van der Waals surface area contributed by atoms with Gasteiger partial charge in [-0.1, -0.05) is 6.07 Å². The van der Waals surface area contributed by atoms with Gasteiger partial charge in [0.25, 0.3) is 6.02 Å². The number of anilines is 3. The number of ether oxygens (including phenoxy) is 2. The molecule has 0 fully saturated rings. The molecular weight excluding hydrogens is 466 g/mol. The van der Waals surface area contributed by atoms with Crippen molar-refractivity contribution in [2.75, 3.05) is 37.9 Å². The van der Waals surface area contributed by atoms with E-state index in [9.17, 15) is 0 Å². The molecule has 4 aromatic rings. The van der Waals surface area contributed by atoms with Crippen molar-refractivity contribution in [3.8, 4) is 5.75 Å². The minimum atomic E-state index is 0.171. The monoisotopic (exact) mass is 497 g/mol. The summed E-state index contributed by atoms with van der Waals surface area (Å²) in [5.41, 5.74) is 4.52. The van der Waals surface area contributed by atoms with Crippen molar-refractivity contribution in [2.24, 2.45) is 4.99 Å². The molecule has 1 unspecified atom stereocenters. The van der Waals surface area contributed by atoms with E-state index in [2.05, 4.69) is 49.6 Å². The van der Waals surface area contributed by atoms with Crippen LogP contribution in [0.15, 0.2) is 72.1 Å². The lowest BCUT2D eigenvalue weighted by molar-refractivity contribution is 0.294. The molecule has 0 saturated carbocycles. The third-order valence-electron chi connectivity index (χ3n) is 6.05. The van der Waals surface area contributed by atoms with Crippen LogP contribution in [0, 0.1) is 6.92 Å². The first kappa shape index (κ1) is 24.5. The van der Waals surface area contributed by atoms with E-state index in [1.165, 1.54) is 0 Å². The zero-order chi connectivity index (χ0) is 25.6. The summed E-state index contributed by atoms with van der Waals surface area (Å²) < 4.78 is 11.7. The maximum atomic E-state index is 5.96. The second-order valence-electron chi connectivity index (χ2n) is 9.29. The largest absolute Gasteiger partial charge is 0.487 e. The summed E-state index contributed by atoms with van der Waals surface area (Å²) in [6.45, 7) is 4.02. The van der Waals surface area contributed by atoms with Crippen LogP contribution in [0.1, 0.15) is 17.7 Å². The van der Waals surface area contributed by atoms with Gasteiger partial charge in [0.15, 0.2) is 0 Å². The topological polar surface area (TPSA) is 96.8 Å². The molecule has 37 heavy (non-hydrogen) atoms. The fourth-order valence-corrected chi connectivity index (χ4v) is 4.06. The van der Waals surface area contributed by atoms with Gasteiger partial charge < -0.3 is 25.0 Å². The van der Waals surface area contributed by atoms with Crippen LogP contribution in [0.2, 0.25) is 0 Å². The molecule has 1 aliphatic rings. The highest BCUT2D eigenvalue weighted by Crippen LogP contribution is 2.29. The normalized spacial score (nSPS) is 14.9. The Hall–Kier alpha value is -4.24. The average molecular weight is 498 g/mol. The van der Waals surface area contributed by atoms with E-state index < -0.39 is 0 Å². The molecule has 190 valence electrons. The molecule has 3 heterocycles. The van der Waals surface area contributed by atoms with Crippen molar-refractivity contribution in [3.63, 3.8) is 0 Å². The van der Waals surface area contributed by atoms with E-state index in [0.29, 0.717) is 25.1 Å². The fraction of sp³-hybridized carbons (Fsp3) is 0.286. The van der Waals surface area contributed by atoms with Gasteiger partial charge in [-0.2, -0.15) is 0 Å². The maximum absolute atomic E-state index is 5.96. The van der Waals surface area contributed by atoms with Gasteiger partial charge in [0.05, 0.1) is 17.3 Å². The third-order valence-corrected chi connectivity index (χ3v) is 6.05. The van der Waals surface area contributed by atoms with Crippen molar-refractivity contribution >= 4 is 34.1 Å². The summed E-state index contributed by atoms with van der Waals surface area (Å²) in [5, 5.41) is 7.62. The van der Waals surface area contributed by atoms with Crippen LogP contribution in [0.3, 0.4) is 0 Å². The standard InChI is InChI=1S/C28H31N7O2/c1-19-14-20(8-10-26(19)36-16-22-6-4-5-12-29-22)32-27-24-15-21(7-9-25(24)30-18-31-27)33-28-34-23(17-37-28)11-13-35(2)3/h4-10,12,14-15,18,23H,11,13,16-17H2,1-3H3,(H,33,34)(H,30,31,32). The van der Waals surface area contributed by atoms with E-state index >= 15 is 0 Å². The Labute approximate surface area is 216 Å². The molecule has 1 aliphatic heterocycles. The molecule has 2 aromatic heterocycles. The number of fused-ring (bicyclic) bond motifs is 1. The van der Waals surface area contributed by atoms with Crippen LogP contribution in [-0.2, 0) is 11.3 Å². The molecule has 0 aliphatic carbocycles. The zero-order valence-corrected chi connectivity index (χ0v) is 21.3. The highest BCUT2D eigenvalue weighted by molar-refractivity contribution is 5.97. The molecule has 2 N–H and O–H groups in total. The lowest BCUT2D eigenvalue weighted by atomic mass is 10.1. The minimum Gasteiger partial charge on any atom is -0.487 e. The first-order valence-electron chi connectivity index (χ1n) is 12.3. The third kappa shape index (κ3) is 6.31. The first-order valence-corrected chi connectivity index (χ1v) is 12.3. The molecule has 0 saturated heterocycles. The number of aryl methyl sites for hydroxylation is 1. The maximum Gasteiger partial charge on any atom is 0.289 e. The molecular formula is C28H31N7O2. The number of amidine groups is 1. The Kier molecular flexibility index (Phi) is 7.41. The summed E-state index contributed by atoms with van der Waals surface area (Å²) in [6, 6.07) is 18.4. The van der Waals surface area contributed by atoms with E-state index in [0.717, 1.165) is 52.3 Å². The molecule has 0 amide bonds. The van der Waals surface area contributed by atoms with Gasteiger partial charge in [-0.3, -0.25) is 4.98 Å². The van der Waals surface area contributed by atoms with Gasteiger partial charge >= 0.3 is 0 Å². The zero-order valence-electron chi connectivity index (χ0n) is 21.3. The Morgan fingerprint density at radius 3 is 2.68 bits per heavy atom. The Morgan fingerprint density at radius 1 is 1.00 bits per heavy atom. The van der Waals surface area contributed by atoms with Crippen molar-refractivity contribution in [1.29, 1.82) is 0 Å². The second kappa shape index (κ2) is 11.2. The lowest BCUT2D eigenvalue weighted by Gasteiger charge is -2.13. The van der Waals surface area contributed by atoms with Crippen LogP contribution in [0.4, 0.5) is 17.2 Å². The number of nitrogens with zero attached hydrogens (tertiary/aromatic N) is 5. The van der Waals surface area contributed by atoms with E-state index in [1.54, 1.807) is 12.5 Å². The molecule has 9 nitrogen and oxygen atoms in total. The number of benzene rings is 2. The predicted octanol–water partition coefficient (Wildman–Crippen LogP) is 4.77. The highest BCUT2D eigenvalue weighted by atomic mass is 16.5. The predicted molar refractivity (Wildman–Crippen MR) is 147 cm³/mol. The Balaban J connectivity index is 1.29. The van der Waals surface area contributed by atoms with Crippen molar-refractivity contribution in [1.82, 2.24) is 19.9 Å². The number of hydrogen-bond acceptors (Lipinski definition) is 9. The molecule has 1 atom stereocenters. The number of aromatic nitrogens is 3. The Morgan fingerprint density at radius 2 is 1.86 bits per heavy atom. The van der Waals surface area contributed by atoms with Gasteiger partial charge in [-0.15, -0.1) is 0 Å². The molecule has 0 radical (unpaired) electrons. The van der Waals surface area contributed by atoms with Gasteiger partial charge in [0.2, 0.25) is 0 Å². The summed E-state index contributed by atoms with van der Waals surface area (Å²) in [5.74, 6) is 1.53. The van der Waals surface area contributed by atoms with Crippen LogP contribution >= 0.6 is 0 Å². The Bertz CT molecular complexity index is 1390.